The van der Waals surface area contributed by atoms with Gasteiger partial charge in [-0.3, -0.25) is 9.69 Å². The summed E-state index contributed by atoms with van der Waals surface area (Å²) < 4.78 is 0. The van der Waals surface area contributed by atoms with Crippen LogP contribution >= 0.6 is 11.6 Å². The van der Waals surface area contributed by atoms with Gasteiger partial charge in [0.05, 0.1) is 0 Å². The molecule has 0 N–H and O–H groups in total. The first-order chi connectivity index (χ1) is 14.7. The van der Waals surface area contributed by atoms with Crippen LogP contribution in [0.4, 0.5) is 0 Å². The lowest BCUT2D eigenvalue weighted by Crippen LogP contribution is -2.46. The van der Waals surface area contributed by atoms with Gasteiger partial charge in [-0.15, -0.1) is 0 Å². The number of rotatable bonds is 6. The van der Waals surface area contributed by atoms with Gasteiger partial charge >= 0.3 is 0 Å². The van der Waals surface area contributed by atoms with Crippen LogP contribution < -0.4 is 0 Å². The highest BCUT2D eigenvalue weighted by Gasteiger charge is 2.29. The standard InChI is InChI=1S/C26H27ClN2O/c27-25-14-8-7-13-23(25)20-29(26(30)22-11-5-2-6-12-22)24-15-17-28(18-16-24)19-21-9-3-1-4-10-21/h1-14,24H,15-20H2. The van der Waals surface area contributed by atoms with E-state index >= 15 is 0 Å². The molecule has 3 aromatic rings. The van der Waals surface area contributed by atoms with Crippen molar-refractivity contribution < 1.29 is 4.79 Å². The summed E-state index contributed by atoms with van der Waals surface area (Å²) in [5, 5.41) is 0.713. The van der Waals surface area contributed by atoms with Gasteiger partial charge < -0.3 is 4.90 Å². The smallest absolute Gasteiger partial charge is 0.254 e. The van der Waals surface area contributed by atoms with Crippen LogP contribution in [0.15, 0.2) is 84.9 Å². The minimum Gasteiger partial charge on any atom is -0.331 e. The van der Waals surface area contributed by atoms with Gasteiger partial charge in [-0.1, -0.05) is 78.3 Å². The highest BCUT2D eigenvalue weighted by atomic mass is 35.5. The molecule has 1 heterocycles. The number of hydrogen-bond acceptors (Lipinski definition) is 2. The van der Waals surface area contributed by atoms with Crippen molar-refractivity contribution in [3.8, 4) is 0 Å². The molecule has 4 heteroatoms. The molecule has 1 saturated heterocycles. The first kappa shape index (κ1) is 20.6. The van der Waals surface area contributed by atoms with Crippen LogP contribution in [0.3, 0.4) is 0 Å². The van der Waals surface area contributed by atoms with Crippen LogP contribution in [0, 0.1) is 0 Å². The third-order valence-corrected chi connectivity index (χ3v) is 6.20. The van der Waals surface area contributed by atoms with Crippen molar-refractivity contribution in [2.24, 2.45) is 0 Å². The fourth-order valence-electron chi connectivity index (χ4n) is 4.15. The molecular formula is C26H27ClN2O. The number of hydrogen-bond donors (Lipinski definition) is 0. The van der Waals surface area contributed by atoms with Gasteiger partial charge in [0.25, 0.3) is 5.91 Å². The van der Waals surface area contributed by atoms with Crippen molar-refractivity contribution in [3.05, 3.63) is 107 Å². The Hall–Kier alpha value is -2.62. The van der Waals surface area contributed by atoms with Crippen molar-refractivity contribution >= 4 is 17.5 Å². The molecule has 1 aliphatic rings. The molecule has 0 unspecified atom stereocenters. The molecule has 0 atom stereocenters. The summed E-state index contributed by atoms with van der Waals surface area (Å²) >= 11 is 6.43. The predicted molar refractivity (Wildman–Crippen MR) is 123 cm³/mol. The van der Waals surface area contributed by atoms with E-state index in [1.807, 2.05) is 59.5 Å². The molecule has 1 amide bonds. The SMILES string of the molecule is O=C(c1ccccc1)N(Cc1ccccc1Cl)C1CCN(Cc2ccccc2)CC1. The summed E-state index contributed by atoms with van der Waals surface area (Å²) in [5.74, 6) is 0.0806. The Bertz CT molecular complexity index is 953. The van der Waals surface area contributed by atoms with Gasteiger partial charge in [0, 0.05) is 42.8 Å². The number of amides is 1. The van der Waals surface area contributed by atoms with E-state index in [9.17, 15) is 4.79 Å². The van der Waals surface area contributed by atoms with E-state index in [0.29, 0.717) is 11.6 Å². The minimum absolute atomic E-state index is 0.0806. The number of carbonyl (C=O) groups is 1. The fourth-order valence-corrected chi connectivity index (χ4v) is 4.35. The van der Waals surface area contributed by atoms with E-state index in [0.717, 1.165) is 43.6 Å². The average molecular weight is 419 g/mol. The van der Waals surface area contributed by atoms with Crippen LogP contribution in [0.25, 0.3) is 0 Å². The zero-order chi connectivity index (χ0) is 20.8. The molecule has 3 nitrogen and oxygen atoms in total. The second-order valence-corrected chi connectivity index (χ2v) is 8.29. The summed E-state index contributed by atoms with van der Waals surface area (Å²) in [6.07, 6.45) is 1.94. The largest absolute Gasteiger partial charge is 0.331 e. The lowest BCUT2D eigenvalue weighted by Gasteiger charge is -2.39. The Kier molecular flexibility index (Phi) is 6.83. The second-order valence-electron chi connectivity index (χ2n) is 7.88. The summed E-state index contributed by atoms with van der Waals surface area (Å²) in [5.41, 5.74) is 3.07. The first-order valence-corrected chi connectivity index (χ1v) is 10.9. The number of nitrogens with zero attached hydrogens (tertiary/aromatic N) is 2. The lowest BCUT2D eigenvalue weighted by molar-refractivity contribution is 0.0543. The Labute approximate surface area is 183 Å². The number of piperidine rings is 1. The molecule has 4 rings (SSSR count). The van der Waals surface area contributed by atoms with Gasteiger partial charge in [0.2, 0.25) is 0 Å². The van der Waals surface area contributed by atoms with Crippen LogP contribution in [-0.2, 0) is 13.1 Å². The normalized spacial score (nSPS) is 15.1. The fraction of sp³-hybridized carbons (Fsp3) is 0.269. The van der Waals surface area contributed by atoms with Crippen LogP contribution in [0.5, 0.6) is 0 Å². The number of halogens is 1. The van der Waals surface area contributed by atoms with Crippen molar-refractivity contribution in [2.45, 2.75) is 32.0 Å². The molecule has 154 valence electrons. The zero-order valence-corrected chi connectivity index (χ0v) is 17.8. The van der Waals surface area contributed by atoms with Gasteiger partial charge in [0.1, 0.15) is 0 Å². The van der Waals surface area contributed by atoms with Crippen molar-refractivity contribution in [1.82, 2.24) is 9.80 Å². The molecule has 1 aliphatic heterocycles. The molecule has 3 aromatic carbocycles. The Balaban J connectivity index is 1.48. The molecule has 0 radical (unpaired) electrons. The summed E-state index contributed by atoms with van der Waals surface area (Å²) in [4.78, 5) is 17.9. The topological polar surface area (TPSA) is 23.6 Å². The highest BCUT2D eigenvalue weighted by molar-refractivity contribution is 6.31. The molecular weight excluding hydrogens is 392 g/mol. The lowest BCUT2D eigenvalue weighted by atomic mass is 10.00. The maximum absolute atomic E-state index is 13.4. The predicted octanol–water partition coefficient (Wildman–Crippen LogP) is 5.65. The highest BCUT2D eigenvalue weighted by Crippen LogP contribution is 2.25. The van der Waals surface area contributed by atoms with Crippen LogP contribution in [0.2, 0.25) is 5.02 Å². The molecule has 1 fully saturated rings. The number of likely N-dealkylation sites (tertiary alicyclic amines) is 1. The molecule has 0 spiro atoms. The number of carbonyl (C=O) groups excluding carboxylic acids is 1. The second kappa shape index (κ2) is 9.92. The van der Waals surface area contributed by atoms with E-state index in [1.54, 1.807) is 0 Å². The van der Waals surface area contributed by atoms with E-state index in [1.165, 1.54) is 5.56 Å². The molecule has 0 bridgehead atoms. The average Bonchev–Trinajstić information content (AvgIpc) is 2.80. The van der Waals surface area contributed by atoms with Crippen molar-refractivity contribution in [2.75, 3.05) is 13.1 Å². The maximum Gasteiger partial charge on any atom is 0.254 e. The van der Waals surface area contributed by atoms with Crippen molar-refractivity contribution in [1.29, 1.82) is 0 Å². The van der Waals surface area contributed by atoms with E-state index in [2.05, 4.69) is 35.2 Å². The number of benzene rings is 3. The summed E-state index contributed by atoms with van der Waals surface area (Å²) in [6.45, 7) is 3.47. The van der Waals surface area contributed by atoms with Gasteiger partial charge in [-0.2, -0.15) is 0 Å². The molecule has 0 saturated carbocycles. The van der Waals surface area contributed by atoms with Gasteiger partial charge in [0.15, 0.2) is 0 Å². The van der Waals surface area contributed by atoms with E-state index in [-0.39, 0.29) is 11.9 Å². The molecule has 30 heavy (non-hydrogen) atoms. The van der Waals surface area contributed by atoms with Crippen LogP contribution in [0.1, 0.15) is 34.3 Å². The maximum atomic E-state index is 13.4. The monoisotopic (exact) mass is 418 g/mol. The Morgan fingerprint density at radius 3 is 2.13 bits per heavy atom. The summed E-state index contributed by atoms with van der Waals surface area (Å²) in [7, 11) is 0. The Morgan fingerprint density at radius 1 is 0.867 bits per heavy atom. The van der Waals surface area contributed by atoms with Gasteiger partial charge in [-0.25, -0.2) is 0 Å². The van der Waals surface area contributed by atoms with E-state index < -0.39 is 0 Å². The van der Waals surface area contributed by atoms with Gasteiger partial charge in [-0.05, 0) is 42.2 Å². The first-order valence-electron chi connectivity index (χ1n) is 10.6. The molecule has 0 aliphatic carbocycles. The summed E-state index contributed by atoms with van der Waals surface area (Å²) in [6, 6.07) is 28.2. The zero-order valence-electron chi connectivity index (χ0n) is 17.1. The quantitative estimate of drug-likeness (QED) is 0.516. The van der Waals surface area contributed by atoms with E-state index in [4.69, 9.17) is 11.6 Å². The molecule has 0 aromatic heterocycles. The Morgan fingerprint density at radius 2 is 1.47 bits per heavy atom. The van der Waals surface area contributed by atoms with Crippen molar-refractivity contribution in [3.63, 3.8) is 0 Å². The third-order valence-electron chi connectivity index (χ3n) is 5.83. The third kappa shape index (κ3) is 5.10. The minimum atomic E-state index is 0.0806. The van der Waals surface area contributed by atoms with Crippen LogP contribution in [-0.4, -0.2) is 34.8 Å².